The van der Waals surface area contributed by atoms with Crippen LogP contribution in [0.2, 0.25) is 0 Å². The second-order valence-corrected chi connectivity index (χ2v) is 4.65. The maximum absolute atomic E-state index is 12.1. The van der Waals surface area contributed by atoms with E-state index in [0.29, 0.717) is 12.5 Å². The van der Waals surface area contributed by atoms with Crippen molar-refractivity contribution >= 4 is 5.91 Å². The summed E-state index contributed by atoms with van der Waals surface area (Å²) in [6.07, 6.45) is 3.81. The molecule has 16 heavy (non-hydrogen) atoms. The first-order chi connectivity index (χ1) is 7.72. The molecule has 94 valence electrons. The van der Waals surface area contributed by atoms with E-state index in [0.717, 1.165) is 38.8 Å². The molecule has 0 aliphatic carbocycles. The molecule has 0 aromatic heterocycles. The average molecular weight is 228 g/mol. The highest BCUT2D eigenvalue weighted by atomic mass is 16.3. The Morgan fingerprint density at radius 3 is 2.94 bits per heavy atom. The molecule has 1 aliphatic rings. The molecule has 0 bridgehead atoms. The molecule has 1 amide bonds. The van der Waals surface area contributed by atoms with Crippen LogP contribution in [-0.4, -0.2) is 42.2 Å². The number of aliphatic hydroxyl groups excluding tert-OH is 1. The molecule has 2 unspecified atom stereocenters. The minimum absolute atomic E-state index is 0.0205. The quantitative estimate of drug-likeness (QED) is 0.724. The molecule has 1 heterocycles. The Labute approximate surface area is 97.8 Å². The van der Waals surface area contributed by atoms with E-state index in [1.54, 1.807) is 0 Å². The van der Waals surface area contributed by atoms with E-state index in [1.807, 2.05) is 11.8 Å². The maximum atomic E-state index is 12.1. The first kappa shape index (κ1) is 13.5. The minimum Gasteiger partial charge on any atom is -0.396 e. The van der Waals surface area contributed by atoms with Crippen molar-refractivity contribution < 1.29 is 9.90 Å². The molecule has 2 atom stereocenters. The molecule has 0 saturated carbocycles. The lowest BCUT2D eigenvalue weighted by molar-refractivity contribution is -0.137. The van der Waals surface area contributed by atoms with Crippen LogP contribution < -0.4 is 5.73 Å². The van der Waals surface area contributed by atoms with Gasteiger partial charge in [-0.15, -0.1) is 0 Å². The van der Waals surface area contributed by atoms with Gasteiger partial charge in [-0.2, -0.15) is 0 Å². The molecular weight excluding hydrogens is 204 g/mol. The van der Waals surface area contributed by atoms with Crippen LogP contribution in [0.1, 0.15) is 32.6 Å². The summed E-state index contributed by atoms with van der Waals surface area (Å²) in [5, 5.41) is 8.92. The lowest BCUT2D eigenvalue weighted by Crippen LogP contribution is -2.44. The standard InChI is InChI=1S/C12H24N2O2/c1-2-11(8-13)12(16)14-6-3-4-10(9-14)5-7-15/h10-11,15H,2-9,13H2,1H3. The van der Waals surface area contributed by atoms with Crippen molar-refractivity contribution in [3.05, 3.63) is 0 Å². The van der Waals surface area contributed by atoms with Crippen LogP contribution in [0.5, 0.6) is 0 Å². The second-order valence-electron chi connectivity index (χ2n) is 4.65. The van der Waals surface area contributed by atoms with Crippen molar-refractivity contribution in [1.29, 1.82) is 0 Å². The summed E-state index contributed by atoms with van der Waals surface area (Å²) in [4.78, 5) is 14.0. The molecule has 4 heteroatoms. The van der Waals surface area contributed by atoms with Crippen LogP contribution in [0, 0.1) is 11.8 Å². The van der Waals surface area contributed by atoms with Crippen LogP contribution in [0.25, 0.3) is 0 Å². The zero-order chi connectivity index (χ0) is 12.0. The fraction of sp³-hybridized carbons (Fsp3) is 0.917. The summed E-state index contributed by atoms with van der Waals surface area (Å²) in [6.45, 7) is 4.33. The van der Waals surface area contributed by atoms with Crippen molar-refractivity contribution in [1.82, 2.24) is 4.90 Å². The lowest BCUT2D eigenvalue weighted by Gasteiger charge is -2.34. The molecule has 3 N–H and O–H groups in total. The van der Waals surface area contributed by atoms with Crippen LogP contribution in [0.4, 0.5) is 0 Å². The summed E-state index contributed by atoms with van der Waals surface area (Å²) < 4.78 is 0. The van der Waals surface area contributed by atoms with Crippen molar-refractivity contribution in [2.24, 2.45) is 17.6 Å². The van der Waals surface area contributed by atoms with Gasteiger partial charge in [0.15, 0.2) is 0 Å². The summed E-state index contributed by atoms with van der Waals surface area (Å²) in [5.74, 6) is 0.651. The van der Waals surface area contributed by atoms with Crippen molar-refractivity contribution in [2.45, 2.75) is 32.6 Å². The fourth-order valence-corrected chi connectivity index (χ4v) is 2.38. The van der Waals surface area contributed by atoms with Crippen molar-refractivity contribution in [2.75, 3.05) is 26.2 Å². The van der Waals surface area contributed by atoms with Gasteiger partial charge in [-0.3, -0.25) is 4.79 Å². The van der Waals surface area contributed by atoms with Gasteiger partial charge in [0, 0.05) is 26.2 Å². The first-order valence-electron chi connectivity index (χ1n) is 6.32. The number of piperidine rings is 1. The van der Waals surface area contributed by atoms with Crippen molar-refractivity contribution in [3.63, 3.8) is 0 Å². The highest BCUT2D eigenvalue weighted by molar-refractivity contribution is 5.79. The Balaban J connectivity index is 2.49. The van der Waals surface area contributed by atoms with Crippen LogP contribution in [-0.2, 0) is 4.79 Å². The number of nitrogens with zero attached hydrogens (tertiary/aromatic N) is 1. The second kappa shape index (κ2) is 6.86. The van der Waals surface area contributed by atoms with Gasteiger partial charge >= 0.3 is 0 Å². The minimum atomic E-state index is -0.0205. The molecule has 1 aliphatic heterocycles. The van der Waals surface area contributed by atoms with Gasteiger partial charge in [0.05, 0.1) is 5.92 Å². The fourth-order valence-electron chi connectivity index (χ4n) is 2.38. The third-order valence-electron chi connectivity index (χ3n) is 3.49. The van der Waals surface area contributed by atoms with E-state index in [4.69, 9.17) is 10.8 Å². The number of amides is 1. The van der Waals surface area contributed by atoms with Crippen LogP contribution in [0.3, 0.4) is 0 Å². The topological polar surface area (TPSA) is 66.6 Å². The van der Waals surface area contributed by atoms with Gasteiger partial charge < -0.3 is 15.7 Å². The summed E-state index contributed by atoms with van der Waals surface area (Å²) >= 11 is 0. The zero-order valence-electron chi connectivity index (χ0n) is 10.2. The summed E-state index contributed by atoms with van der Waals surface area (Å²) in [7, 11) is 0. The molecule has 1 saturated heterocycles. The van der Waals surface area contributed by atoms with E-state index in [9.17, 15) is 4.79 Å². The SMILES string of the molecule is CCC(CN)C(=O)N1CCCC(CCO)C1. The van der Waals surface area contributed by atoms with Crippen LogP contribution >= 0.6 is 0 Å². The van der Waals surface area contributed by atoms with Gasteiger partial charge in [-0.1, -0.05) is 6.92 Å². The Morgan fingerprint density at radius 1 is 1.62 bits per heavy atom. The number of hydrogen-bond donors (Lipinski definition) is 2. The number of aliphatic hydroxyl groups is 1. The van der Waals surface area contributed by atoms with Gasteiger partial charge in [0.25, 0.3) is 0 Å². The van der Waals surface area contributed by atoms with E-state index >= 15 is 0 Å². The number of nitrogens with two attached hydrogens (primary N) is 1. The Hall–Kier alpha value is -0.610. The molecule has 0 aromatic rings. The maximum Gasteiger partial charge on any atom is 0.226 e. The van der Waals surface area contributed by atoms with E-state index in [1.165, 1.54) is 0 Å². The number of likely N-dealkylation sites (tertiary alicyclic amines) is 1. The highest BCUT2D eigenvalue weighted by Crippen LogP contribution is 2.21. The summed E-state index contributed by atoms with van der Waals surface area (Å²) in [6, 6.07) is 0. The van der Waals surface area contributed by atoms with E-state index in [2.05, 4.69) is 0 Å². The molecule has 0 aromatic carbocycles. The third-order valence-corrected chi connectivity index (χ3v) is 3.49. The number of carbonyl (C=O) groups excluding carboxylic acids is 1. The number of hydrogen-bond acceptors (Lipinski definition) is 3. The highest BCUT2D eigenvalue weighted by Gasteiger charge is 2.26. The van der Waals surface area contributed by atoms with Gasteiger partial charge in [0.2, 0.25) is 5.91 Å². The van der Waals surface area contributed by atoms with Gasteiger partial charge in [0.1, 0.15) is 0 Å². The first-order valence-corrected chi connectivity index (χ1v) is 6.32. The van der Waals surface area contributed by atoms with Gasteiger partial charge in [-0.25, -0.2) is 0 Å². The molecule has 1 rings (SSSR count). The Morgan fingerprint density at radius 2 is 2.38 bits per heavy atom. The molecular formula is C12H24N2O2. The summed E-state index contributed by atoms with van der Waals surface area (Å²) in [5.41, 5.74) is 5.60. The van der Waals surface area contributed by atoms with Gasteiger partial charge in [-0.05, 0) is 31.6 Å². The predicted octanol–water partition coefficient (Wildman–Crippen LogP) is 0.592. The normalized spacial score (nSPS) is 23.2. The van der Waals surface area contributed by atoms with Crippen molar-refractivity contribution in [3.8, 4) is 0 Å². The Kier molecular flexibility index (Phi) is 5.77. The Bertz CT molecular complexity index is 215. The lowest BCUT2D eigenvalue weighted by atomic mass is 9.93. The number of carbonyl (C=O) groups is 1. The molecule has 0 spiro atoms. The monoisotopic (exact) mass is 228 g/mol. The van der Waals surface area contributed by atoms with E-state index < -0.39 is 0 Å². The molecule has 1 fully saturated rings. The largest absolute Gasteiger partial charge is 0.396 e. The predicted molar refractivity (Wildman–Crippen MR) is 63.8 cm³/mol. The smallest absolute Gasteiger partial charge is 0.226 e. The molecule has 0 radical (unpaired) electrons. The number of rotatable bonds is 5. The van der Waals surface area contributed by atoms with E-state index in [-0.39, 0.29) is 18.4 Å². The molecule has 4 nitrogen and oxygen atoms in total. The van der Waals surface area contributed by atoms with Crippen LogP contribution in [0.15, 0.2) is 0 Å². The zero-order valence-corrected chi connectivity index (χ0v) is 10.2. The average Bonchev–Trinajstić information content (AvgIpc) is 2.31. The third kappa shape index (κ3) is 3.46.